The van der Waals surface area contributed by atoms with Crippen LogP contribution in [0.1, 0.15) is 53.4 Å². The molecule has 2 nitrogen and oxygen atoms in total. The van der Waals surface area contributed by atoms with Gasteiger partial charge in [-0.3, -0.25) is 4.90 Å². The summed E-state index contributed by atoms with van der Waals surface area (Å²) in [6.07, 6.45) is 5.35. The van der Waals surface area contributed by atoms with Gasteiger partial charge in [-0.1, -0.05) is 33.6 Å². The van der Waals surface area contributed by atoms with Crippen molar-refractivity contribution >= 4 is 11.8 Å². The first-order valence-corrected chi connectivity index (χ1v) is 8.58. The molecule has 2 N–H and O–H groups in total. The predicted octanol–water partition coefficient (Wildman–Crippen LogP) is 3.11. The quantitative estimate of drug-likeness (QED) is 0.836. The molecule has 1 saturated carbocycles. The first kappa shape index (κ1) is 14.7. The van der Waals surface area contributed by atoms with Crippen LogP contribution in [0.4, 0.5) is 0 Å². The molecule has 1 aliphatic carbocycles. The van der Waals surface area contributed by atoms with E-state index in [-0.39, 0.29) is 5.54 Å². The number of hydrogen-bond acceptors (Lipinski definition) is 3. The van der Waals surface area contributed by atoms with Gasteiger partial charge in [0.25, 0.3) is 0 Å². The molecule has 0 radical (unpaired) electrons. The highest BCUT2D eigenvalue weighted by atomic mass is 32.2. The molecule has 0 bridgehead atoms. The zero-order chi connectivity index (χ0) is 13.4. The fraction of sp³-hybridized carbons (Fsp3) is 1.00. The second kappa shape index (κ2) is 5.34. The van der Waals surface area contributed by atoms with Crippen molar-refractivity contribution < 1.29 is 0 Å². The molecule has 106 valence electrons. The van der Waals surface area contributed by atoms with E-state index in [2.05, 4.69) is 44.4 Å². The zero-order valence-electron chi connectivity index (χ0n) is 12.5. The fourth-order valence-electron chi connectivity index (χ4n) is 4.12. The van der Waals surface area contributed by atoms with Crippen molar-refractivity contribution in [2.45, 2.75) is 70.2 Å². The molecule has 2 fully saturated rings. The molecule has 0 amide bonds. The minimum Gasteiger partial charge on any atom is -0.329 e. The molecule has 2 rings (SSSR count). The summed E-state index contributed by atoms with van der Waals surface area (Å²) in [6, 6.07) is 0.657. The van der Waals surface area contributed by atoms with E-state index < -0.39 is 0 Å². The van der Waals surface area contributed by atoms with Gasteiger partial charge in [-0.2, -0.15) is 11.8 Å². The summed E-state index contributed by atoms with van der Waals surface area (Å²) in [5, 5.41) is 0.736. The van der Waals surface area contributed by atoms with Gasteiger partial charge in [-0.15, -0.1) is 0 Å². The smallest absolute Gasteiger partial charge is 0.0386 e. The summed E-state index contributed by atoms with van der Waals surface area (Å²) in [4.78, 5) is 2.77. The first-order valence-electron chi connectivity index (χ1n) is 7.53. The van der Waals surface area contributed by atoms with Gasteiger partial charge in [-0.25, -0.2) is 0 Å². The Bertz CT molecular complexity index is 292. The first-order chi connectivity index (χ1) is 8.44. The zero-order valence-corrected chi connectivity index (χ0v) is 13.4. The molecule has 0 aromatic heterocycles. The van der Waals surface area contributed by atoms with E-state index in [4.69, 9.17) is 5.73 Å². The number of nitrogens with zero attached hydrogens (tertiary/aromatic N) is 1. The third-order valence-electron chi connectivity index (χ3n) is 5.67. The van der Waals surface area contributed by atoms with Crippen molar-refractivity contribution in [3.05, 3.63) is 0 Å². The average molecular weight is 270 g/mol. The average Bonchev–Trinajstić information content (AvgIpc) is 2.33. The maximum Gasteiger partial charge on any atom is 0.0386 e. The standard InChI is InChI=1S/C15H30N2S/c1-12-13(2)18-10-9-17(12)15(11-16)8-6-5-7-14(15,3)4/h12-13H,5-11,16H2,1-4H3. The van der Waals surface area contributed by atoms with Gasteiger partial charge >= 0.3 is 0 Å². The topological polar surface area (TPSA) is 29.3 Å². The summed E-state index contributed by atoms with van der Waals surface area (Å²) >= 11 is 2.12. The Kier molecular flexibility index (Phi) is 4.35. The number of nitrogens with two attached hydrogens (primary N) is 1. The van der Waals surface area contributed by atoms with Crippen molar-refractivity contribution in [1.29, 1.82) is 0 Å². The van der Waals surface area contributed by atoms with Crippen LogP contribution in [0.2, 0.25) is 0 Å². The highest BCUT2D eigenvalue weighted by molar-refractivity contribution is 8.00. The van der Waals surface area contributed by atoms with Crippen LogP contribution in [-0.2, 0) is 0 Å². The van der Waals surface area contributed by atoms with Gasteiger partial charge in [0.05, 0.1) is 0 Å². The molecule has 2 aliphatic rings. The Labute approximate surface area is 117 Å². The highest BCUT2D eigenvalue weighted by Crippen LogP contribution is 2.49. The van der Waals surface area contributed by atoms with Crippen LogP contribution in [0, 0.1) is 5.41 Å². The van der Waals surface area contributed by atoms with Crippen LogP contribution in [0.15, 0.2) is 0 Å². The van der Waals surface area contributed by atoms with E-state index >= 15 is 0 Å². The Hall–Kier alpha value is 0.270. The maximum atomic E-state index is 6.30. The second-order valence-corrected chi connectivity index (χ2v) is 8.32. The molecular weight excluding hydrogens is 240 g/mol. The van der Waals surface area contributed by atoms with Crippen molar-refractivity contribution in [1.82, 2.24) is 4.90 Å². The second-order valence-electron chi connectivity index (χ2n) is 6.84. The van der Waals surface area contributed by atoms with Crippen molar-refractivity contribution in [2.75, 3.05) is 18.8 Å². The Morgan fingerprint density at radius 2 is 1.89 bits per heavy atom. The molecule has 0 spiro atoms. The number of hydrogen-bond donors (Lipinski definition) is 1. The lowest BCUT2D eigenvalue weighted by atomic mass is 9.61. The van der Waals surface area contributed by atoms with Crippen molar-refractivity contribution in [3.63, 3.8) is 0 Å². The molecule has 1 aliphatic heterocycles. The summed E-state index contributed by atoms with van der Waals surface area (Å²) in [6.45, 7) is 11.7. The van der Waals surface area contributed by atoms with Gasteiger partial charge in [0.1, 0.15) is 0 Å². The van der Waals surface area contributed by atoms with Crippen LogP contribution < -0.4 is 5.73 Å². The van der Waals surface area contributed by atoms with E-state index in [9.17, 15) is 0 Å². The van der Waals surface area contributed by atoms with Crippen LogP contribution in [0.3, 0.4) is 0 Å². The largest absolute Gasteiger partial charge is 0.329 e. The monoisotopic (exact) mass is 270 g/mol. The summed E-state index contributed by atoms with van der Waals surface area (Å²) < 4.78 is 0. The SMILES string of the molecule is CC1SCCN(C2(CN)CCCCC2(C)C)C1C. The highest BCUT2D eigenvalue weighted by Gasteiger charge is 2.51. The van der Waals surface area contributed by atoms with E-state index in [1.807, 2.05) is 0 Å². The lowest BCUT2D eigenvalue weighted by Crippen LogP contribution is -2.68. The molecule has 1 saturated heterocycles. The molecule has 3 heteroatoms. The van der Waals surface area contributed by atoms with E-state index in [1.165, 1.54) is 38.0 Å². The number of thioether (sulfide) groups is 1. The van der Waals surface area contributed by atoms with Crippen molar-refractivity contribution in [2.24, 2.45) is 11.1 Å². The van der Waals surface area contributed by atoms with Crippen LogP contribution >= 0.6 is 11.8 Å². The summed E-state index contributed by atoms with van der Waals surface area (Å²) in [5.41, 5.74) is 6.90. The molecular formula is C15H30N2S. The van der Waals surface area contributed by atoms with Gasteiger partial charge in [0.2, 0.25) is 0 Å². The Morgan fingerprint density at radius 1 is 1.22 bits per heavy atom. The molecule has 0 aromatic carbocycles. The molecule has 0 aromatic rings. The third-order valence-corrected chi connectivity index (χ3v) is 7.01. The van der Waals surface area contributed by atoms with Crippen molar-refractivity contribution in [3.8, 4) is 0 Å². The molecule has 18 heavy (non-hydrogen) atoms. The van der Waals surface area contributed by atoms with Crippen LogP contribution in [0.25, 0.3) is 0 Å². The minimum absolute atomic E-state index is 0.236. The van der Waals surface area contributed by atoms with Gasteiger partial charge in [0.15, 0.2) is 0 Å². The van der Waals surface area contributed by atoms with Gasteiger partial charge < -0.3 is 5.73 Å². The van der Waals surface area contributed by atoms with E-state index in [0.29, 0.717) is 11.5 Å². The van der Waals surface area contributed by atoms with Gasteiger partial charge in [0, 0.05) is 35.7 Å². The van der Waals surface area contributed by atoms with E-state index in [0.717, 1.165) is 11.8 Å². The lowest BCUT2D eigenvalue weighted by molar-refractivity contribution is -0.0625. The van der Waals surface area contributed by atoms with Crippen LogP contribution in [0.5, 0.6) is 0 Å². The van der Waals surface area contributed by atoms with Gasteiger partial charge in [-0.05, 0) is 25.2 Å². The molecule has 1 heterocycles. The fourth-order valence-corrected chi connectivity index (χ4v) is 5.22. The summed E-state index contributed by atoms with van der Waals surface area (Å²) in [7, 11) is 0. The maximum absolute atomic E-state index is 6.30. The van der Waals surface area contributed by atoms with E-state index in [1.54, 1.807) is 0 Å². The molecule has 3 atom stereocenters. The lowest BCUT2D eigenvalue weighted by Gasteiger charge is -2.59. The Morgan fingerprint density at radius 3 is 2.50 bits per heavy atom. The third kappa shape index (κ3) is 2.23. The normalized spacial score (nSPS) is 41.8. The molecule has 3 unspecified atom stereocenters. The number of rotatable bonds is 2. The summed E-state index contributed by atoms with van der Waals surface area (Å²) in [5.74, 6) is 1.27. The minimum atomic E-state index is 0.236. The predicted molar refractivity (Wildman–Crippen MR) is 82.1 cm³/mol. The van der Waals surface area contributed by atoms with Crippen LogP contribution in [-0.4, -0.2) is 40.6 Å². The Balaban J connectivity index is 2.30.